The van der Waals surface area contributed by atoms with Gasteiger partial charge in [0.15, 0.2) is 0 Å². The summed E-state index contributed by atoms with van der Waals surface area (Å²) in [5.74, 6) is 2.76. The zero-order chi connectivity index (χ0) is 45.3. The van der Waals surface area contributed by atoms with Crippen LogP contribution in [0.3, 0.4) is 0 Å². The first-order valence-electron chi connectivity index (χ1n) is 27.1. The summed E-state index contributed by atoms with van der Waals surface area (Å²) >= 11 is 0. The highest BCUT2D eigenvalue weighted by molar-refractivity contribution is 6.31. The number of rotatable bonds is 1. The van der Waals surface area contributed by atoms with Crippen molar-refractivity contribution in [1.29, 1.82) is 5.26 Å². The van der Waals surface area contributed by atoms with E-state index in [1.165, 1.54) is 207 Å². The van der Waals surface area contributed by atoms with Gasteiger partial charge < -0.3 is 4.40 Å². The number of aromatic nitrogens is 1. The average Bonchev–Trinajstić information content (AvgIpc) is 4.23. The molecule has 2 aromatic heterocycles. The number of hydrogen-bond donors (Lipinski definition) is 0. The van der Waals surface area contributed by atoms with Crippen molar-refractivity contribution >= 4 is 38.1 Å². The van der Waals surface area contributed by atoms with Gasteiger partial charge in [-0.1, -0.05) is 117 Å². The number of aryl methyl sites for hydroxylation is 2. The Labute approximate surface area is 405 Å². The number of nitrogens with zero attached hydrogens (tertiary/aromatic N) is 2. The third-order valence-corrected chi connectivity index (χ3v) is 21.3. The highest BCUT2D eigenvalue weighted by atomic mass is 14.9. The van der Waals surface area contributed by atoms with Gasteiger partial charge in [-0.05, 0) is 226 Å². The van der Waals surface area contributed by atoms with E-state index in [0.29, 0.717) is 11.8 Å². The molecule has 0 radical (unpaired) electrons. The lowest BCUT2D eigenvalue weighted by molar-refractivity contribution is 0.166. The van der Waals surface area contributed by atoms with Gasteiger partial charge in [0, 0.05) is 21.5 Å². The lowest BCUT2D eigenvalue weighted by Gasteiger charge is -2.46. The summed E-state index contributed by atoms with van der Waals surface area (Å²) in [6, 6.07) is 46.4. The molecule has 4 saturated carbocycles. The van der Waals surface area contributed by atoms with Crippen LogP contribution in [-0.2, 0) is 16.2 Å². The first kappa shape index (κ1) is 38.7. The third-order valence-electron chi connectivity index (χ3n) is 21.3. The first-order chi connectivity index (χ1) is 33.9. The lowest BCUT2D eigenvalue weighted by Crippen LogP contribution is -2.39. The van der Waals surface area contributed by atoms with Crippen LogP contribution in [0.25, 0.3) is 71.5 Å². The molecule has 0 N–H and O–H groups in total. The molecule has 0 amide bonds. The Balaban J connectivity index is 1.15. The van der Waals surface area contributed by atoms with Crippen LogP contribution in [0.15, 0.2) is 109 Å². The van der Waals surface area contributed by atoms with Crippen molar-refractivity contribution < 1.29 is 0 Å². The fraction of sp³-hybridized carbons (Fsp3) is 0.358. The van der Waals surface area contributed by atoms with Gasteiger partial charge in [0.1, 0.15) is 0 Å². The summed E-state index contributed by atoms with van der Waals surface area (Å²) in [6.45, 7) is 4.73. The van der Waals surface area contributed by atoms with Crippen LogP contribution in [0.1, 0.15) is 169 Å². The molecule has 4 fully saturated rings. The molecular formula is C67H58N2. The summed E-state index contributed by atoms with van der Waals surface area (Å²) in [4.78, 5) is 0. The molecule has 2 heteroatoms. The van der Waals surface area contributed by atoms with Crippen LogP contribution in [0, 0.1) is 37.0 Å². The summed E-state index contributed by atoms with van der Waals surface area (Å²) in [7, 11) is 0. The quantitative estimate of drug-likeness (QED) is 0.161. The fourth-order valence-corrected chi connectivity index (χ4v) is 19.2. The summed E-state index contributed by atoms with van der Waals surface area (Å²) in [5.41, 5.74) is 28.4. The SMILES string of the molecule is Cc1cccc(C)c1-c1cc2c(c3c1C1CC4CC(C1)CC3C4)c1cc3c(c4c5c6c(c(C#N)cc5n2c14)C1(CCCC1)CCC61CCCC1)-c1ccccc1C31c2ccccc2-c2ccccc21. The van der Waals surface area contributed by atoms with Crippen molar-refractivity contribution in [3.8, 4) is 39.4 Å². The van der Waals surface area contributed by atoms with Crippen LogP contribution < -0.4 is 0 Å². The Morgan fingerprint density at radius 3 is 1.67 bits per heavy atom. The molecule has 2 heterocycles. The van der Waals surface area contributed by atoms with Gasteiger partial charge in [-0.2, -0.15) is 5.26 Å². The molecule has 2 unspecified atom stereocenters. The molecule has 4 bridgehead atoms. The van der Waals surface area contributed by atoms with E-state index >= 15 is 0 Å². The Morgan fingerprint density at radius 1 is 0.493 bits per heavy atom. The van der Waals surface area contributed by atoms with Crippen LogP contribution >= 0.6 is 0 Å². The molecule has 9 aromatic rings. The molecule has 2 nitrogen and oxygen atoms in total. The molecule has 69 heavy (non-hydrogen) atoms. The Kier molecular flexibility index (Phi) is 7.26. The predicted octanol–water partition coefficient (Wildman–Crippen LogP) is 17.1. The van der Waals surface area contributed by atoms with E-state index in [-0.39, 0.29) is 10.8 Å². The fourth-order valence-electron chi connectivity index (χ4n) is 19.2. The van der Waals surface area contributed by atoms with Crippen molar-refractivity contribution in [2.45, 2.75) is 138 Å². The van der Waals surface area contributed by atoms with Crippen LogP contribution in [0.2, 0.25) is 0 Å². The molecule has 0 aliphatic heterocycles. The monoisotopic (exact) mass is 890 g/mol. The maximum absolute atomic E-state index is 11.7. The van der Waals surface area contributed by atoms with Gasteiger partial charge in [0.25, 0.3) is 0 Å². The molecule has 9 aliphatic rings. The van der Waals surface area contributed by atoms with Gasteiger partial charge in [0.2, 0.25) is 0 Å². The maximum atomic E-state index is 11.7. The van der Waals surface area contributed by atoms with Crippen molar-refractivity contribution in [3.05, 3.63) is 170 Å². The second-order valence-electron chi connectivity index (χ2n) is 24.2. The van der Waals surface area contributed by atoms with Crippen LogP contribution in [0.5, 0.6) is 0 Å². The molecule has 2 atom stereocenters. The standard InChI is InChI=1S/C67H58N2/c1-37-14-13-15-38(2)55(37)47-35-54-59(57-42-31-39-28-40(32-42)30-41(29-39)56(47)57)48-34-52-58(46-18-5-8-21-51(46)67(52)49-19-6-3-16-44(49)45-17-4-7-20-50(45)67)61-60-53(69(54)64(48)61)33-43(36-68)62-63(60)66(24-11-12-25-66)27-26-65(62)22-9-10-23-65/h3-8,13-21,33-35,39-42H,9-12,22-32H2,1-2H3. The summed E-state index contributed by atoms with van der Waals surface area (Å²) in [6.07, 6.45) is 19.2. The molecular weight excluding hydrogens is 833 g/mol. The van der Waals surface area contributed by atoms with Crippen molar-refractivity contribution in [1.82, 2.24) is 4.40 Å². The molecule has 9 aliphatic carbocycles. The largest absolute Gasteiger partial charge is 0.308 e. The van der Waals surface area contributed by atoms with E-state index in [9.17, 15) is 5.26 Å². The number of hydrogen-bond acceptors (Lipinski definition) is 1. The minimum absolute atomic E-state index is 0.0906. The average molecular weight is 891 g/mol. The second-order valence-corrected chi connectivity index (χ2v) is 24.2. The zero-order valence-corrected chi connectivity index (χ0v) is 40.2. The van der Waals surface area contributed by atoms with E-state index in [1.54, 1.807) is 16.7 Å². The van der Waals surface area contributed by atoms with Gasteiger partial charge >= 0.3 is 0 Å². The molecule has 0 saturated heterocycles. The Bertz CT molecular complexity index is 3770. The molecule has 18 rings (SSSR count). The number of benzene rings is 7. The van der Waals surface area contributed by atoms with Crippen LogP contribution in [-0.4, -0.2) is 4.40 Å². The molecule has 3 spiro atoms. The van der Waals surface area contributed by atoms with E-state index in [1.807, 2.05) is 0 Å². The van der Waals surface area contributed by atoms with Crippen molar-refractivity contribution in [2.24, 2.45) is 11.8 Å². The zero-order valence-electron chi connectivity index (χ0n) is 40.2. The van der Waals surface area contributed by atoms with E-state index in [2.05, 4.69) is 134 Å². The summed E-state index contributed by atoms with van der Waals surface area (Å²) < 4.78 is 2.80. The minimum atomic E-state index is -0.446. The highest BCUT2D eigenvalue weighted by Crippen LogP contribution is 2.69. The molecule has 7 aromatic carbocycles. The first-order valence-corrected chi connectivity index (χ1v) is 27.1. The summed E-state index contributed by atoms with van der Waals surface area (Å²) in [5, 5.41) is 17.7. The lowest BCUT2D eigenvalue weighted by atomic mass is 9.57. The Hall–Kier alpha value is -6.17. The highest BCUT2D eigenvalue weighted by Gasteiger charge is 2.55. The van der Waals surface area contributed by atoms with Crippen molar-refractivity contribution in [3.63, 3.8) is 0 Å². The predicted molar refractivity (Wildman–Crippen MR) is 282 cm³/mol. The number of fused-ring (bicyclic) bond motifs is 21. The smallest absolute Gasteiger partial charge is 0.0995 e. The topological polar surface area (TPSA) is 28.2 Å². The Morgan fingerprint density at radius 2 is 1.04 bits per heavy atom. The van der Waals surface area contributed by atoms with E-state index < -0.39 is 5.41 Å². The second kappa shape index (κ2) is 13.0. The van der Waals surface area contributed by atoms with Crippen LogP contribution in [0.4, 0.5) is 0 Å². The van der Waals surface area contributed by atoms with Gasteiger partial charge in [-0.3, -0.25) is 0 Å². The third kappa shape index (κ3) is 4.42. The molecule has 336 valence electrons. The normalized spacial score (nSPS) is 24.4. The van der Waals surface area contributed by atoms with Gasteiger partial charge in [-0.15, -0.1) is 0 Å². The van der Waals surface area contributed by atoms with E-state index in [0.717, 1.165) is 17.4 Å². The number of nitriles is 1. The van der Waals surface area contributed by atoms with Gasteiger partial charge in [-0.25, -0.2) is 0 Å². The van der Waals surface area contributed by atoms with E-state index in [4.69, 9.17) is 0 Å². The van der Waals surface area contributed by atoms with Gasteiger partial charge in [0.05, 0.1) is 33.6 Å². The minimum Gasteiger partial charge on any atom is -0.308 e. The van der Waals surface area contributed by atoms with Crippen molar-refractivity contribution in [2.75, 3.05) is 0 Å². The maximum Gasteiger partial charge on any atom is 0.0995 e.